The maximum Gasteiger partial charge on any atom is 0.317 e. The van der Waals surface area contributed by atoms with Crippen molar-refractivity contribution in [2.45, 2.75) is 24.9 Å². The number of carbonyl (C=O) groups is 1. The lowest BCUT2D eigenvalue weighted by molar-refractivity contribution is -0.139. The summed E-state index contributed by atoms with van der Waals surface area (Å²) in [6.07, 6.45) is 1.48. The van der Waals surface area contributed by atoms with Gasteiger partial charge < -0.3 is 10.0 Å². The quantitative estimate of drug-likeness (QED) is 0.729. The fourth-order valence-electron chi connectivity index (χ4n) is 2.93. The maximum atomic E-state index is 11.5. The normalized spacial score (nSPS) is 32.1. The topological polar surface area (TPSA) is 77.9 Å². The summed E-state index contributed by atoms with van der Waals surface area (Å²) in [5.41, 5.74) is 0. The molecule has 2 saturated heterocycles. The number of aliphatic carboxylic acids is 1. The molecule has 2 rings (SSSR count). The van der Waals surface area contributed by atoms with Crippen LogP contribution < -0.4 is 0 Å². The number of carboxylic acid groups (broad SMARTS) is 1. The molecule has 1 N–H and O–H groups in total. The van der Waals surface area contributed by atoms with Gasteiger partial charge in [-0.05, 0) is 26.4 Å². The van der Waals surface area contributed by atoms with E-state index in [1.165, 1.54) is 0 Å². The standard InChI is InChI=1S/C11H20N2O4S/c1-12-4-2-9(6-12)13(7-11(14)15)10-3-5-18(16,17)8-10/h9-10H,2-8H2,1H3,(H,14,15). The van der Waals surface area contributed by atoms with Crippen molar-refractivity contribution in [3.05, 3.63) is 0 Å². The third-order valence-electron chi connectivity index (χ3n) is 3.83. The van der Waals surface area contributed by atoms with Gasteiger partial charge in [0.1, 0.15) is 0 Å². The molecular formula is C11H20N2O4S. The highest BCUT2D eigenvalue weighted by atomic mass is 32.2. The fourth-order valence-corrected chi connectivity index (χ4v) is 4.67. The van der Waals surface area contributed by atoms with Crippen LogP contribution in [0.5, 0.6) is 0 Å². The lowest BCUT2D eigenvalue weighted by Crippen LogP contribution is -2.47. The summed E-state index contributed by atoms with van der Waals surface area (Å²) in [5, 5.41) is 9.00. The van der Waals surface area contributed by atoms with Crippen LogP contribution in [0.3, 0.4) is 0 Å². The van der Waals surface area contributed by atoms with E-state index in [4.69, 9.17) is 5.11 Å². The van der Waals surface area contributed by atoms with Gasteiger partial charge in [-0.2, -0.15) is 0 Å². The van der Waals surface area contributed by atoms with E-state index in [2.05, 4.69) is 4.90 Å². The van der Waals surface area contributed by atoms with E-state index in [9.17, 15) is 13.2 Å². The summed E-state index contributed by atoms with van der Waals surface area (Å²) in [5.74, 6) is -0.578. The van der Waals surface area contributed by atoms with Gasteiger partial charge in [-0.15, -0.1) is 0 Å². The van der Waals surface area contributed by atoms with Crippen LogP contribution in [0.2, 0.25) is 0 Å². The molecule has 2 unspecified atom stereocenters. The Labute approximate surface area is 107 Å². The number of hydrogen-bond donors (Lipinski definition) is 1. The van der Waals surface area contributed by atoms with E-state index in [0.29, 0.717) is 6.42 Å². The third kappa shape index (κ3) is 3.21. The first-order valence-corrected chi connectivity index (χ1v) is 8.06. The zero-order valence-corrected chi connectivity index (χ0v) is 11.4. The smallest absolute Gasteiger partial charge is 0.317 e. The zero-order chi connectivity index (χ0) is 13.3. The van der Waals surface area contributed by atoms with E-state index in [1.54, 1.807) is 0 Å². The van der Waals surface area contributed by atoms with E-state index in [0.717, 1.165) is 19.5 Å². The van der Waals surface area contributed by atoms with Crippen molar-refractivity contribution < 1.29 is 18.3 Å². The predicted molar refractivity (Wildman–Crippen MR) is 67.3 cm³/mol. The molecule has 0 bridgehead atoms. The highest BCUT2D eigenvalue weighted by molar-refractivity contribution is 7.91. The molecule has 2 aliphatic heterocycles. The lowest BCUT2D eigenvalue weighted by Gasteiger charge is -2.32. The van der Waals surface area contributed by atoms with E-state index < -0.39 is 15.8 Å². The third-order valence-corrected chi connectivity index (χ3v) is 5.58. The average Bonchev–Trinajstić information content (AvgIpc) is 2.81. The minimum Gasteiger partial charge on any atom is -0.480 e. The highest BCUT2D eigenvalue weighted by Crippen LogP contribution is 2.23. The molecule has 0 spiro atoms. The summed E-state index contributed by atoms with van der Waals surface area (Å²) in [6, 6.07) is 0.0481. The van der Waals surface area contributed by atoms with Gasteiger partial charge in [-0.1, -0.05) is 0 Å². The van der Waals surface area contributed by atoms with Crippen LogP contribution in [0.15, 0.2) is 0 Å². The van der Waals surface area contributed by atoms with Gasteiger partial charge in [-0.3, -0.25) is 9.69 Å². The van der Waals surface area contributed by atoms with Crippen molar-refractivity contribution in [3.63, 3.8) is 0 Å². The second-order valence-electron chi connectivity index (χ2n) is 5.33. The van der Waals surface area contributed by atoms with Gasteiger partial charge in [0.15, 0.2) is 9.84 Å². The van der Waals surface area contributed by atoms with Gasteiger partial charge in [0.05, 0.1) is 18.1 Å². The number of sulfone groups is 1. The van der Waals surface area contributed by atoms with Crippen molar-refractivity contribution in [2.75, 3.05) is 38.2 Å². The monoisotopic (exact) mass is 276 g/mol. The average molecular weight is 276 g/mol. The molecule has 7 heteroatoms. The number of likely N-dealkylation sites (tertiary alicyclic amines) is 1. The molecule has 104 valence electrons. The van der Waals surface area contributed by atoms with Gasteiger partial charge >= 0.3 is 5.97 Å². The van der Waals surface area contributed by atoms with E-state index in [-0.39, 0.29) is 30.1 Å². The Bertz CT molecular complexity index is 423. The first-order valence-electron chi connectivity index (χ1n) is 6.24. The molecule has 18 heavy (non-hydrogen) atoms. The van der Waals surface area contributed by atoms with Crippen molar-refractivity contribution in [1.82, 2.24) is 9.80 Å². The van der Waals surface area contributed by atoms with Crippen LogP contribution in [-0.4, -0.2) is 79.6 Å². The van der Waals surface area contributed by atoms with Crippen LogP contribution >= 0.6 is 0 Å². The molecule has 0 aromatic rings. The molecule has 0 saturated carbocycles. The van der Waals surface area contributed by atoms with Gasteiger partial charge in [0.2, 0.25) is 0 Å². The van der Waals surface area contributed by atoms with Crippen LogP contribution in [0.4, 0.5) is 0 Å². The fraction of sp³-hybridized carbons (Fsp3) is 0.909. The number of carboxylic acids is 1. The minimum atomic E-state index is -2.97. The highest BCUT2D eigenvalue weighted by Gasteiger charge is 2.38. The zero-order valence-electron chi connectivity index (χ0n) is 10.6. The van der Waals surface area contributed by atoms with Gasteiger partial charge in [0.25, 0.3) is 0 Å². The molecule has 2 atom stereocenters. The lowest BCUT2D eigenvalue weighted by atomic mass is 10.1. The summed E-state index contributed by atoms with van der Waals surface area (Å²) >= 11 is 0. The predicted octanol–water partition coefficient (Wildman–Crippen LogP) is -0.736. The Balaban J connectivity index is 2.08. The summed E-state index contributed by atoms with van der Waals surface area (Å²) in [6.45, 7) is 1.71. The molecular weight excluding hydrogens is 256 g/mol. The Hall–Kier alpha value is -0.660. The van der Waals surface area contributed by atoms with Crippen LogP contribution in [0.1, 0.15) is 12.8 Å². The summed E-state index contributed by atoms with van der Waals surface area (Å²) < 4.78 is 23.1. The Morgan fingerprint density at radius 2 is 2.11 bits per heavy atom. The molecule has 2 heterocycles. The summed E-state index contributed by atoms with van der Waals surface area (Å²) in [4.78, 5) is 15.0. The van der Waals surface area contributed by atoms with Gasteiger partial charge in [-0.25, -0.2) is 8.42 Å². The van der Waals surface area contributed by atoms with Gasteiger partial charge in [0, 0.05) is 18.6 Å². The largest absolute Gasteiger partial charge is 0.480 e. The van der Waals surface area contributed by atoms with Crippen LogP contribution in [-0.2, 0) is 14.6 Å². The molecule has 2 aliphatic rings. The molecule has 6 nitrogen and oxygen atoms in total. The molecule has 0 radical (unpaired) electrons. The first-order chi connectivity index (χ1) is 8.37. The minimum absolute atomic E-state index is 0.0569. The Kier molecular flexibility index (Phi) is 3.93. The number of hydrogen-bond acceptors (Lipinski definition) is 5. The van der Waals surface area contributed by atoms with E-state index >= 15 is 0 Å². The number of rotatable bonds is 4. The number of likely N-dealkylation sites (N-methyl/N-ethyl adjacent to an activating group) is 1. The Morgan fingerprint density at radius 3 is 2.56 bits per heavy atom. The van der Waals surface area contributed by atoms with Crippen LogP contribution in [0.25, 0.3) is 0 Å². The molecule has 2 fully saturated rings. The van der Waals surface area contributed by atoms with Crippen molar-refractivity contribution in [3.8, 4) is 0 Å². The second kappa shape index (κ2) is 5.14. The first kappa shape index (κ1) is 13.8. The SMILES string of the molecule is CN1CCC(N(CC(=O)O)C2CCS(=O)(=O)C2)C1. The second-order valence-corrected chi connectivity index (χ2v) is 7.56. The Morgan fingerprint density at radius 1 is 1.39 bits per heavy atom. The van der Waals surface area contributed by atoms with Crippen molar-refractivity contribution in [1.29, 1.82) is 0 Å². The number of nitrogens with zero attached hydrogens (tertiary/aromatic N) is 2. The molecule has 0 aromatic carbocycles. The maximum absolute atomic E-state index is 11.5. The van der Waals surface area contributed by atoms with Crippen molar-refractivity contribution >= 4 is 15.8 Å². The molecule has 0 aromatic heterocycles. The van der Waals surface area contributed by atoms with Crippen LogP contribution in [0, 0.1) is 0 Å². The summed E-state index contributed by atoms with van der Waals surface area (Å²) in [7, 11) is -0.963. The van der Waals surface area contributed by atoms with E-state index in [1.807, 2.05) is 11.9 Å². The molecule has 0 amide bonds. The molecule has 0 aliphatic carbocycles. The van der Waals surface area contributed by atoms with Crippen molar-refractivity contribution in [2.24, 2.45) is 0 Å².